The van der Waals surface area contributed by atoms with Crippen LogP contribution < -0.4 is 9.47 Å². The van der Waals surface area contributed by atoms with Crippen LogP contribution in [0.5, 0.6) is 11.5 Å². The Morgan fingerprint density at radius 3 is 2.66 bits per heavy atom. The third-order valence-electron chi connectivity index (χ3n) is 5.21. The van der Waals surface area contributed by atoms with Crippen molar-refractivity contribution < 1.29 is 27.9 Å². The molecule has 4 rings (SSSR count). The first-order valence-corrected chi connectivity index (χ1v) is 10.1. The fraction of sp³-hybridized carbons (Fsp3) is 0.250. The van der Waals surface area contributed by atoms with Crippen LogP contribution in [0.1, 0.15) is 28.1 Å². The molecule has 1 aromatic heterocycles. The van der Waals surface area contributed by atoms with E-state index in [4.69, 9.17) is 18.7 Å². The molecule has 8 heteroatoms. The summed E-state index contributed by atoms with van der Waals surface area (Å²) in [6.45, 7) is 0.298. The largest absolute Gasteiger partial charge is 0.493 e. The molecular formula is C24H23FN2O5. The van der Waals surface area contributed by atoms with Crippen molar-refractivity contribution in [1.82, 2.24) is 4.90 Å². The lowest BCUT2D eigenvalue weighted by molar-refractivity contribution is 0.0385. The average molecular weight is 438 g/mol. The molecule has 1 aliphatic rings. The van der Waals surface area contributed by atoms with Gasteiger partial charge in [-0.15, -0.1) is 0 Å². The highest BCUT2D eigenvalue weighted by molar-refractivity contribution is 6.01. The number of benzene rings is 2. The number of rotatable bonds is 8. The van der Waals surface area contributed by atoms with Gasteiger partial charge in [-0.25, -0.2) is 4.39 Å². The van der Waals surface area contributed by atoms with E-state index in [1.165, 1.54) is 17.2 Å². The Kier molecular flexibility index (Phi) is 6.39. The summed E-state index contributed by atoms with van der Waals surface area (Å²) >= 11 is 0. The molecule has 32 heavy (non-hydrogen) atoms. The Balaban J connectivity index is 1.50. The van der Waals surface area contributed by atoms with E-state index in [0.717, 1.165) is 11.3 Å². The van der Waals surface area contributed by atoms with Gasteiger partial charge in [-0.3, -0.25) is 4.79 Å². The van der Waals surface area contributed by atoms with Gasteiger partial charge >= 0.3 is 0 Å². The minimum atomic E-state index is -0.385. The SMILES string of the molecule is COc1ccc(C2=NOC(CN(Cc3ccccc3F)C(=O)c3ccco3)C2)cc1OC. The fourth-order valence-electron chi connectivity index (χ4n) is 3.57. The van der Waals surface area contributed by atoms with Crippen LogP contribution in [0, 0.1) is 5.82 Å². The predicted octanol–water partition coefficient (Wildman–Crippen LogP) is 4.27. The number of nitrogens with zero attached hydrogens (tertiary/aromatic N) is 2. The molecule has 3 aromatic rings. The van der Waals surface area contributed by atoms with E-state index in [1.807, 2.05) is 12.1 Å². The zero-order chi connectivity index (χ0) is 22.5. The van der Waals surface area contributed by atoms with E-state index >= 15 is 0 Å². The third kappa shape index (κ3) is 4.59. The monoisotopic (exact) mass is 438 g/mol. The van der Waals surface area contributed by atoms with Gasteiger partial charge in [-0.05, 0) is 36.4 Å². The van der Waals surface area contributed by atoms with Crippen molar-refractivity contribution in [2.45, 2.75) is 19.1 Å². The number of hydrogen-bond acceptors (Lipinski definition) is 6. The second-order valence-electron chi connectivity index (χ2n) is 7.29. The molecule has 0 fully saturated rings. The van der Waals surface area contributed by atoms with Crippen LogP contribution in [0.15, 0.2) is 70.4 Å². The highest BCUT2D eigenvalue weighted by Gasteiger charge is 2.29. The number of carbonyl (C=O) groups excluding carboxylic acids is 1. The van der Waals surface area contributed by atoms with Crippen LogP contribution >= 0.6 is 0 Å². The van der Waals surface area contributed by atoms with Crippen LogP contribution in [0.25, 0.3) is 0 Å². The summed E-state index contributed by atoms with van der Waals surface area (Å²) in [6.07, 6.45) is 1.52. The number of ether oxygens (including phenoxy) is 2. The van der Waals surface area contributed by atoms with Gasteiger partial charge < -0.3 is 23.6 Å². The Hall–Kier alpha value is -3.81. The Morgan fingerprint density at radius 1 is 1.12 bits per heavy atom. The Morgan fingerprint density at radius 2 is 1.94 bits per heavy atom. The van der Waals surface area contributed by atoms with E-state index in [2.05, 4.69) is 5.16 Å². The van der Waals surface area contributed by atoms with E-state index in [9.17, 15) is 9.18 Å². The zero-order valence-corrected chi connectivity index (χ0v) is 17.8. The average Bonchev–Trinajstić information content (AvgIpc) is 3.51. The number of oxime groups is 1. The van der Waals surface area contributed by atoms with Crippen molar-refractivity contribution in [3.63, 3.8) is 0 Å². The number of carbonyl (C=O) groups is 1. The van der Waals surface area contributed by atoms with Crippen LogP contribution in [0.2, 0.25) is 0 Å². The van der Waals surface area contributed by atoms with Crippen LogP contribution in [-0.2, 0) is 11.4 Å². The van der Waals surface area contributed by atoms with Crippen LogP contribution in [0.4, 0.5) is 4.39 Å². The standard InChI is InChI=1S/C24H23FN2O5/c1-29-21-10-9-16(12-23(21)30-2)20-13-18(32-26-20)15-27(24(28)22-8-5-11-31-22)14-17-6-3-4-7-19(17)25/h3-12,18H,13-15H2,1-2H3. The molecule has 2 aromatic carbocycles. The molecule has 0 aliphatic carbocycles. The van der Waals surface area contributed by atoms with Crippen molar-refractivity contribution in [3.05, 3.63) is 83.6 Å². The van der Waals surface area contributed by atoms with Gasteiger partial charge in [0, 0.05) is 24.1 Å². The minimum Gasteiger partial charge on any atom is -0.493 e. The third-order valence-corrected chi connectivity index (χ3v) is 5.21. The van der Waals surface area contributed by atoms with Crippen molar-refractivity contribution in [2.75, 3.05) is 20.8 Å². The molecule has 166 valence electrons. The second-order valence-corrected chi connectivity index (χ2v) is 7.29. The fourth-order valence-corrected chi connectivity index (χ4v) is 3.57. The summed E-state index contributed by atoms with van der Waals surface area (Å²) < 4.78 is 30.1. The highest BCUT2D eigenvalue weighted by Crippen LogP contribution is 2.30. The number of furan rings is 1. The first-order valence-electron chi connectivity index (χ1n) is 10.1. The normalized spacial score (nSPS) is 15.1. The molecule has 0 radical (unpaired) electrons. The summed E-state index contributed by atoms with van der Waals surface area (Å²) in [5, 5.41) is 4.20. The minimum absolute atomic E-state index is 0.0811. The molecule has 1 aliphatic heterocycles. The van der Waals surface area contributed by atoms with Crippen LogP contribution in [0.3, 0.4) is 0 Å². The van der Waals surface area contributed by atoms with Gasteiger partial charge in [0.05, 0.1) is 32.7 Å². The lowest BCUT2D eigenvalue weighted by Crippen LogP contribution is -2.37. The zero-order valence-electron chi connectivity index (χ0n) is 17.8. The van der Waals surface area contributed by atoms with Gasteiger partial charge in [0.25, 0.3) is 5.91 Å². The number of amides is 1. The van der Waals surface area contributed by atoms with E-state index in [0.29, 0.717) is 23.5 Å². The molecule has 1 unspecified atom stereocenters. The Labute approximate surface area is 185 Å². The Bertz CT molecular complexity index is 1110. The maximum Gasteiger partial charge on any atom is 0.289 e. The van der Waals surface area contributed by atoms with Gasteiger partial charge in [0.1, 0.15) is 5.82 Å². The number of halogens is 1. The topological polar surface area (TPSA) is 73.5 Å². The maximum atomic E-state index is 14.2. The highest BCUT2D eigenvalue weighted by atomic mass is 19.1. The van der Waals surface area contributed by atoms with Crippen molar-refractivity contribution in [3.8, 4) is 11.5 Å². The van der Waals surface area contributed by atoms with Gasteiger partial charge in [0.2, 0.25) is 0 Å². The van der Waals surface area contributed by atoms with Crippen molar-refractivity contribution in [1.29, 1.82) is 0 Å². The molecule has 0 spiro atoms. The molecule has 0 N–H and O–H groups in total. The summed E-state index contributed by atoms with van der Waals surface area (Å²) in [5.41, 5.74) is 1.97. The lowest BCUT2D eigenvalue weighted by Gasteiger charge is -2.24. The van der Waals surface area contributed by atoms with Crippen molar-refractivity contribution in [2.24, 2.45) is 5.16 Å². The summed E-state index contributed by atoms with van der Waals surface area (Å²) in [6, 6.07) is 15.1. The smallest absolute Gasteiger partial charge is 0.289 e. The van der Waals surface area contributed by atoms with E-state index in [1.54, 1.807) is 50.6 Å². The van der Waals surface area contributed by atoms with Crippen molar-refractivity contribution >= 4 is 11.6 Å². The van der Waals surface area contributed by atoms with Crippen LogP contribution in [-0.4, -0.2) is 43.4 Å². The maximum absolute atomic E-state index is 14.2. The number of methoxy groups -OCH3 is 2. The summed E-state index contributed by atoms with van der Waals surface area (Å²) in [7, 11) is 3.14. The molecule has 0 saturated carbocycles. The summed E-state index contributed by atoms with van der Waals surface area (Å²) in [4.78, 5) is 20.1. The molecule has 0 bridgehead atoms. The second kappa shape index (κ2) is 9.55. The quantitative estimate of drug-likeness (QED) is 0.525. The molecule has 1 amide bonds. The first-order chi connectivity index (χ1) is 15.6. The number of hydrogen-bond donors (Lipinski definition) is 0. The van der Waals surface area contributed by atoms with Gasteiger partial charge in [-0.1, -0.05) is 23.4 Å². The molecular weight excluding hydrogens is 415 g/mol. The van der Waals surface area contributed by atoms with Gasteiger partial charge in [-0.2, -0.15) is 0 Å². The molecule has 0 saturated heterocycles. The first kappa shape index (κ1) is 21.4. The molecule has 2 heterocycles. The van der Waals surface area contributed by atoms with E-state index < -0.39 is 0 Å². The molecule has 7 nitrogen and oxygen atoms in total. The van der Waals surface area contributed by atoms with E-state index in [-0.39, 0.29) is 36.7 Å². The molecule has 1 atom stereocenters. The lowest BCUT2D eigenvalue weighted by atomic mass is 10.0. The predicted molar refractivity (Wildman–Crippen MR) is 115 cm³/mol. The van der Waals surface area contributed by atoms with Gasteiger partial charge in [0.15, 0.2) is 23.4 Å². The summed E-state index contributed by atoms with van der Waals surface area (Å²) in [5.74, 6) is 0.666.